The van der Waals surface area contributed by atoms with Crippen molar-refractivity contribution in [3.05, 3.63) is 60.3 Å². The zero-order valence-electron chi connectivity index (χ0n) is 10.4. The van der Waals surface area contributed by atoms with Crippen LogP contribution in [-0.4, -0.2) is 16.6 Å². The summed E-state index contributed by atoms with van der Waals surface area (Å²) in [5.41, 5.74) is 3.58. The summed E-state index contributed by atoms with van der Waals surface area (Å²) in [6.07, 6.45) is 8.21. The van der Waals surface area contributed by atoms with Crippen LogP contribution in [0.4, 0.5) is 0 Å². The minimum atomic E-state index is -0.293. The van der Waals surface area contributed by atoms with Gasteiger partial charge in [-0.05, 0) is 43.3 Å². The molecule has 0 atom stereocenters. The molecule has 5 heteroatoms. The van der Waals surface area contributed by atoms with E-state index < -0.39 is 0 Å². The predicted molar refractivity (Wildman–Crippen MR) is 72.6 cm³/mol. The Hall–Kier alpha value is -2.69. The van der Waals surface area contributed by atoms with Crippen LogP contribution >= 0.6 is 0 Å². The lowest BCUT2D eigenvalue weighted by Crippen LogP contribution is -2.18. The summed E-state index contributed by atoms with van der Waals surface area (Å²) in [6.45, 7) is 1.78. The van der Waals surface area contributed by atoms with E-state index in [1.807, 2.05) is 6.07 Å². The highest BCUT2D eigenvalue weighted by molar-refractivity contribution is 5.98. The molecule has 0 radical (unpaired) electrons. The van der Waals surface area contributed by atoms with Gasteiger partial charge in [-0.25, -0.2) is 5.43 Å². The van der Waals surface area contributed by atoms with Crippen molar-refractivity contribution in [2.45, 2.75) is 6.92 Å². The van der Waals surface area contributed by atoms with Crippen molar-refractivity contribution in [2.24, 2.45) is 5.10 Å². The quantitative estimate of drug-likeness (QED) is 0.674. The van der Waals surface area contributed by atoms with E-state index in [1.54, 1.807) is 49.7 Å². The molecule has 0 aromatic carbocycles. The molecule has 2 heterocycles. The van der Waals surface area contributed by atoms with E-state index >= 15 is 0 Å². The van der Waals surface area contributed by atoms with Gasteiger partial charge in [0.15, 0.2) is 0 Å². The van der Waals surface area contributed by atoms with E-state index in [-0.39, 0.29) is 5.91 Å². The maximum Gasteiger partial charge on any atom is 0.272 e. The average molecular weight is 255 g/mol. The Morgan fingerprint density at radius 2 is 2.32 bits per heavy atom. The highest BCUT2D eigenvalue weighted by Gasteiger charge is 2.02. The van der Waals surface area contributed by atoms with Crippen LogP contribution in [0.25, 0.3) is 6.08 Å². The first-order valence-electron chi connectivity index (χ1n) is 5.72. The second kappa shape index (κ2) is 6.30. The van der Waals surface area contributed by atoms with Gasteiger partial charge >= 0.3 is 0 Å². The third-order valence-corrected chi connectivity index (χ3v) is 2.29. The zero-order chi connectivity index (χ0) is 13.5. The summed E-state index contributed by atoms with van der Waals surface area (Å²) in [7, 11) is 0. The lowest BCUT2D eigenvalue weighted by molar-refractivity contribution is 0.0954. The largest absolute Gasteiger partial charge is 0.465 e. The fraction of sp³-hybridized carbons (Fsp3) is 0.0714. The van der Waals surface area contributed by atoms with Gasteiger partial charge < -0.3 is 4.42 Å². The molecule has 0 saturated heterocycles. The minimum absolute atomic E-state index is 0.293. The standard InChI is InChI=1S/C14H13N3O2/c1-11(6-7-13-5-3-9-19-13)16-17-14(18)12-4-2-8-15-10-12/h2-10H,1H3,(H,17,18)/b7-6+,16-11+. The van der Waals surface area contributed by atoms with Gasteiger partial charge in [0.25, 0.3) is 5.91 Å². The number of nitrogens with zero attached hydrogens (tertiary/aromatic N) is 2. The number of hydrogen-bond acceptors (Lipinski definition) is 4. The molecule has 0 aliphatic carbocycles. The number of carbonyl (C=O) groups is 1. The van der Waals surface area contributed by atoms with Crippen molar-refractivity contribution in [3.63, 3.8) is 0 Å². The Bertz CT molecular complexity index is 586. The van der Waals surface area contributed by atoms with Crippen LogP contribution in [0.2, 0.25) is 0 Å². The van der Waals surface area contributed by atoms with Gasteiger partial charge in [0.05, 0.1) is 17.5 Å². The van der Waals surface area contributed by atoms with Crippen LogP contribution in [-0.2, 0) is 0 Å². The Balaban J connectivity index is 1.93. The number of rotatable bonds is 4. The van der Waals surface area contributed by atoms with Crippen LogP contribution in [0, 0.1) is 0 Å². The molecule has 0 fully saturated rings. The fourth-order valence-corrected chi connectivity index (χ4v) is 1.33. The summed E-state index contributed by atoms with van der Waals surface area (Å²) >= 11 is 0. The third kappa shape index (κ3) is 3.92. The van der Waals surface area contributed by atoms with Gasteiger partial charge in [-0.15, -0.1) is 0 Å². The second-order valence-corrected chi connectivity index (χ2v) is 3.78. The molecular weight excluding hydrogens is 242 g/mol. The minimum Gasteiger partial charge on any atom is -0.465 e. The molecule has 0 spiro atoms. The Kier molecular flexibility index (Phi) is 4.23. The van der Waals surface area contributed by atoms with Crippen molar-refractivity contribution in [2.75, 3.05) is 0 Å². The molecule has 0 saturated carbocycles. The molecule has 0 aliphatic heterocycles. The van der Waals surface area contributed by atoms with Crippen LogP contribution in [0.1, 0.15) is 23.0 Å². The number of hydrogen-bond donors (Lipinski definition) is 1. The van der Waals surface area contributed by atoms with Gasteiger partial charge in [-0.3, -0.25) is 9.78 Å². The first-order valence-corrected chi connectivity index (χ1v) is 5.72. The number of allylic oxidation sites excluding steroid dienone is 1. The van der Waals surface area contributed by atoms with E-state index in [0.717, 1.165) is 5.76 Å². The Morgan fingerprint density at radius 3 is 3.00 bits per heavy atom. The molecule has 5 nitrogen and oxygen atoms in total. The van der Waals surface area contributed by atoms with Crippen molar-refractivity contribution >= 4 is 17.7 Å². The SMILES string of the molecule is CC(/C=C/c1ccco1)=N\NC(=O)c1cccnc1. The molecule has 1 amide bonds. The number of nitrogens with one attached hydrogen (secondary N) is 1. The maximum absolute atomic E-state index is 11.7. The Labute approximate surface area is 110 Å². The monoisotopic (exact) mass is 255 g/mol. The first-order chi connectivity index (χ1) is 9.25. The molecule has 1 N–H and O–H groups in total. The average Bonchev–Trinajstić information content (AvgIpc) is 2.96. The third-order valence-electron chi connectivity index (χ3n) is 2.29. The number of furan rings is 1. The summed E-state index contributed by atoms with van der Waals surface area (Å²) in [5, 5.41) is 3.96. The number of amides is 1. The molecule has 0 unspecified atom stereocenters. The van der Waals surface area contributed by atoms with Gasteiger partial charge in [0.2, 0.25) is 0 Å². The van der Waals surface area contributed by atoms with Gasteiger partial charge in [-0.1, -0.05) is 0 Å². The smallest absolute Gasteiger partial charge is 0.272 e. The molecule has 0 aliphatic rings. The molecule has 2 aromatic rings. The summed E-state index contributed by atoms with van der Waals surface area (Å²) in [4.78, 5) is 15.5. The highest BCUT2D eigenvalue weighted by Crippen LogP contribution is 2.02. The number of aromatic nitrogens is 1. The van der Waals surface area contributed by atoms with E-state index in [1.165, 1.54) is 6.20 Å². The molecule has 0 bridgehead atoms. The molecular formula is C14H13N3O2. The van der Waals surface area contributed by atoms with Gasteiger partial charge in [0.1, 0.15) is 5.76 Å². The van der Waals surface area contributed by atoms with Crippen molar-refractivity contribution in [1.29, 1.82) is 0 Å². The number of hydrazone groups is 1. The Morgan fingerprint density at radius 1 is 1.42 bits per heavy atom. The van der Waals surface area contributed by atoms with Gasteiger partial charge in [0, 0.05) is 12.4 Å². The molecule has 2 rings (SSSR count). The fourth-order valence-electron chi connectivity index (χ4n) is 1.33. The maximum atomic E-state index is 11.7. The second-order valence-electron chi connectivity index (χ2n) is 3.78. The zero-order valence-corrected chi connectivity index (χ0v) is 10.4. The van der Waals surface area contributed by atoms with Crippen molar-refractivity contribution in [1.82, 2.24) is 10.4 Å². The van der Waals surface area contributed by atoms with Crippen LogP contribution < -0.4 is 5.43 Å². The number of pyridine rings is 1. The lowest BCUT2D eigenvalue weighted by atomic mass is 10.3. The summed E-state index contributed by atoms with van der Waals surface area (Å²) in [5.74, 6) is 0.437. The van der Waals surface area contributed by atoms with E-state index in [4.69, 9.17) is 4.42 Å². The molecule has 2 aromatic heterocycles. The predicted octanol–water partition coefficient (Wildman–Crippen LogP) is 2.49. The van der Waals surface area contributed by atoms with Crippen molar-refractivity contribution < 1.29 is 9.21 Å². The van der Waals surface area contributed by atoms with E-state index in [2.05, 4.69) is 15.5 Å². The normalized spacial score (nSPS) is 11.7. The lowest BCUT2D eigenvalue weighted by Gasteiger charge is -1.99. The van der Waals surface area contributed by atoms with Crippen molar-refractivity contribution in [3.8, 4) is 0 Å². The van der Waals surface area contributed by atoms with Crippen LogP contribution in [0.5, 0.6) is 0 Å². The molecule has 96 valence electrons. The van der Waals surface area contributed by atoms with Gasteiger partial charge in [-0.2, -0.15) is 5.10 Å². The summed E-state index contributed by atoms with van der Waals surface area (Å²) < 4.78 is 5.14. The topological polar surface area (TPSA) is 67.5 Å². The summed E-state index contributed by atoms with van der Waals surface area (Å²) in [6, 6.07) is 7.00. The molecule has 19 heavy (non-hydrogen) atoms. The van der Waals surface area contributed by atoms with E-state index in [9.17, 15) is 4.79 Å². The number of carbonyl (C=O) groups excluding carboxylic acids is 1. The highest BCUT2D eigenvalue weighted by atomic mass is 16.3. The van der Waals surface area contributed by atoms with Crippen LogP contribution in [0.15, 0.2) is 58.5 Å². The first kappa shape index (κ1) is 12.8. The van der Waals surface area contributed by atoms with Crippen LogP contribution in [0.3, 0.4) is 0 Å². The van der Waals surface area contributed by atoms with E-state index in [0.29, 0.717) is 11.3 Å².